The van der Waals surface area contributed by atoms with Crippen molar-refractivity contribution in [3.05, 3.63) is 24.4 Å². The number of hydrogen-bond acceptors (Lipinski definition) is 3. The largest absolute Gasteiger partial charge is 0.299 e. The van der Waals surface area contributed by atoms with Crippen LogP contribution in [0, 0.1) is 0 Å². The average Bonchev–Trinajstić information content (AvgIpc) is 2.55. The fourth-order valence-corrected chi connectivity index (χ4v) is 3.08. The molecule has 0 bridgehead atoms. The van der Waals surface area contributed by atoms with Gasteiger partial charge >= 0.3 is 0 Å². The van der Waals surface area contributed by atoms with Crippen LogP contribution >= 0.6 is 0 Å². The highest BCUT2D eigenvalue weighted by atomic mass is 16.2. The van der Waals surface area contributed by atoms with Crippen LogP contribution in [0.15, 0.2) is 24.4 Å². The molecule has 4 nitrogen and oxygen atoms in total. The Kier molecular flexibility index (Phi) is 5.74. The van der Waals surface area contributed by atoms with Gasteiger partial charge in [0, 0.05) is 18.7 Å². The van der Waals surface area contributed by atoms with Gasteiger partial charge in [-0.15, -0.1) is 0 Å². The van der Waals surface area contributed by atoms with Gasteiger partial charge in [-0.05, 0) is 51.9 Å². The highest BCUT2D eigenvalue weighted by molar-refractivity contribution is 5.92. The quantitative estimate of drug-likeness (QED) is 0.836. The molecule has 1 amide bonds. The lowest BCUT2D eigenvalue weighted by molar-refractivity contribution is -0.119. The molecule has 0 aromatic carbocycles. The molecule has 1 aromatic heterocycles. The fourth-order valence-electron chi connectivity index (χ4n) is 3.08. The third kappa shape index (κ3) is 3.82. The molecule has 4 heteroatoms. The number of anilines is 1. The zero-order valence-corrected chi connectivity index (χ0v) is 13.5. The summed E-state index contributed by atoms with van der Waals surface area (Å²) in [5.74, 6) is 0.908. The van der Waals surface area contributed by atoms with Crippen LogP contribution in [0.2, 0.25) is 0 Å². The summed E-state index contributed by atoms with van der Waals surface area (Å²) in [5.41, 5.74) is 0. The van der Waals surface area contributed by atoms with Crippen LogP contribution in [-0.4, -0.2) is 41.0 Å². The number of likely N-dealkylation sites (tertiary alicyclic amines) is 1. The van der Waals surface area contributed by atoms with Gasteiger partial charge in [0.25, 0.3) is 0 Å². The Balaban J connectivity index is 2.17. The number of piperidine rings is 1. The number of aromatic nitrogens is 1. The molecule has 21 heavy (non-hydrogen) atoms. The molecule has 0 saturated carbocycles. The van der Waals surface area contributed by atoms with E-state index in [4.69, 9.17) is 0 Å². The number of rotatable bonds is 5. The number of pyridine rings is 1. The predicted molar refractivity (Wildman–Crippen MR) is 86.4 cm³/mol. The molecule has 2 atom stereocenters. The normalized spacial score (nSPS) is 19.0. The lowest BCUT2D eigenvalue weighted by atomic mass is 10.0. The average molecular weight is 289 g/mol. The molecule has 0 N–H and O–H groups in total. The fraction of sp³-hybridized carbons (Fsp3) is 0.647. The standard InChI is InChI=1S/C17H27N3O/c1-4-17(21)20(16-10-6-7-11-18-16)15(3)14(2)19-12-8-5-9-13-19/h6-7,10-11,14-15H,4-5,8-9,12-13H2,1-3H3/t14-,15-/m1/s1. The summed E-state index contributed by atoms with van der Waals surface area (Å²) in [4.78, 5) is 21.2. The Morgan fingerprint density at radius 3 is 2.57 bits per heavy atom. The van der Waals surface area contributed by atoms with Crippen molar-refractivity contribution in [1.82, 2.24) is 9.88 Å². The summed E-state index contributed by atoms with van der Waals surface area (Å²) >= 11 is 0. The summed E-state index contributed by atoms with van der Waals surface area (Å²) < 4.78 is 0. The van der Waals surface area contributed by atoms with Crippen LogP contribution in [0.5, 0.6) is 0 Å². The zero-order chi connectivity index (χ0) is 15.2. The predicted octanol–water partition coefficient (Wildman–Crippen LogP) is 3.09. The van der Waals surface area contributed by atoms with Crippen molar-refractivity contribution in [2.75, 3.05) is 18.0 Å². The lowest BCUT2D eigenvalue weighted by Gasteiger charge is -2.40. The van der Waals surface area contributed by atoms with E-state index in [0.29, 0.717) is 12.5 Å². The third-order valence-electron chi connectivity index (χ3n) is 4.54. The minimum Gasteiger partial charge on any atom is -0.299 e. The maximum absolute atomic E-state index is 12.4. The first kappa shape index (κ1) is 16.0. The molecule has 1 aromatic rings. The Bertz CT molecular complexity index is 443. The van der Waals surface area contributed by atoms with Gasteiger partial charge in [0.15, 0.2) is 0 Å². The van der Waals surface area contributed by atoms with E-state index in [1.165, 1.54) is 19.3 Å². The number of carbonyl (C=O) groups excluding carboxylic acids is 1. The number of carbonyl (C=O) groups is 1. The van der Waals surface area contributed by atoms with E-state index in [9.17, 15) is 4.79 Å². The third-order valence-corrected chi connectivity index (χ3v) is 4.54. The van der Waals surface area contributed by atoms with Gasteiger partial charge in [-0.2, -0.15) is 0 Å². The highest BCUT2D eigenvalue weighted by Gasteiger charge is 2.29. The SMILES string of the molecule is CCC(=O)N(c1ccccn1)[C@H](C)[C@@H](C)N1CCCCC1. The van der Waals surface area contributed by atoms with E-state index in [1.54, 1.807) is 6.20 Å². The molecule has 1 aliphatic rings. The maximum Gasteiger partial charge on any atom is 0.228 e. The van der Waals surface area contributed by atoms with Crippen molar-refractivity contribution in [2.24, 2.45) is 0 Å². The molecule has 0 unspecified atom stereocenters. The molecule has 0 aliphatic carbocycles. The second kappa shape index (κ2) is 7.55. The minimum absolute atomic E-state index is 0.130. The van der Waals surface area contributed by atoms with E-state index < -0.39 is 0 Å². The van der Waals surface area contributed by atoms with Crippen molar-refractivity contribution < 1.29 is 4.79 Å². The molecule has 0 spiro atoms. The zero-order valence-electron chi connectivity index (χ0n) is 13.5. The van der Waals surface area contributed by atoms with Gasteiger partial charge in [-0.1, -0.05) is 19.4 Å². The Labute approximate surface area is 128 Å². The second-order valence-electron chi connectivity index (χ2n) is 5.88. The first-order valence-electron chi connectivity index (χ1n) is 8.12. The van der Waals surface area contributed by atoms with Gasteiger partial charge in [0.2, 0.25) is 5.91 Å². The number of hydrogen-bond donors (Lipinski definition) is 0. The van der Waals surface area contributed by atoms with E-state index in [2.05, 4.69) is 23.7 Å². The molecule has 0 radical (unpaired) electrons. The topological polar surface area (TPSA) is 36.4 Å². The van der Waals surface area contributed by atoms with Gasteiger partial charge in [-0.3, -0.25) is 14.6 Å². The van der Waals surface area contributed by atoms with Crippen LogP contribution < -0.4 is 4.90 Å². The van der Waals surface area contributed by atoms with Crippen LogP contribution in [0.25, 0.3) is 0 Å². The molecular weight excluding hydrogens is 262 g/mol. The van der Waals surface area contributed by atoms with Crippen molar-refractivity contribution >= 4 is 11.7 Å². The van der Waals surface area contributed by atoms with E-state index in [0.717, 1.165) is 18.9 Å². The Hall–Kier alpha value is -1.42. The van der Waals surface area contributed by atoms with Crippen LogP contribution in [0.3, 0.4) is 0 Å². The molecule has 1 fully saturated rings. The summed E-state index contributed by atoms with van der Waals surface area (Å²) in [6.45, 7) is 8.57. The summed E-state index contributed by atoms with van der Waals surface area (Å²) in [5, 5.41) is 0. The smallest absolute Gasteiger partial charge is 0.228 e. The van der Waals surface area contributed by atoms with E-state index in [1.807, 2.05) is 30.0 Å². The molecule has 2 heterocycles. The summed E-state index contributed by atoms with van der Waals surface area (Å²) in [6, 6.07) is 6.23. The monoisotopic (exact) mass is 289 g/mol. The van der Waals surface area contributed by atoms with E-state index >= 15 is 0 Å². The minimum atomic E-state index is 0.130. The Morgan fingerprint density at radius 1 is 1.29 bits per heavy atom. The van der Waals surface area contributed by atoms with E-state index in [-0.39, 0.29) is 11.9 Å². The molecule has 1 saturated heterocycles. The first-order chi connectivity index (χ1) is 10.1. The molecule has 2 rings (SSSR count). The van der Waals surface area contributed by atoms with Crippen LogP contribution in [0.4, 0.5) is 5.82 Å². The highest BCUT2D eigenvalue weighted by Crippen LogP contribution is 2.21. The van der Waals surface area contributed by atoms with Crippen molar-refractivity contribution in [2.45, 2.75) is 58.5 Å². The van der Waals surface area contributed by atoms with Crippen molar-refractivity contribution in [3.63, 3.8) is 0 Å². The molecular formula is C17H27N3O. The van der Waals surface area contributed by atoms with Crippen LogP contribution in [0.1, 0.15) is 46.5 Å². The second-order valence-corrected chi connectivity index (χ2v) is 5.88. The van der Waals surface area contributed by atoms with Crippen molar-refractivity contribution in [3.8, 4) is 0 Å². The van der Waals surface area contributed by atoms with Gasteiger partial charge in [0.1, 0.15) is 5.82 Å². The molecule has 1 aliphatic heterocycles. The Morgan fingerprint density at radius 2 is 2.00 bits per heavy atom. The van der Waals surface area contributed by atoms with Gasteiger partial charge in [-0.25, -0.2) is 4.98 Å². The first-order valence-corrected chi connectivity index (χ1v) is 8.12. The number of nitrogens with zero attached hydrogens (tertiary/aromatic N) is 3. The molecule has 116 valence electrons. The summed E-state index contributed by atoms with van der Waals surface area (Å²) in [6.07, 6.45) is 6.12. The van der Waals surface area contributed by atoms with Gasteiger partial charge in [0.05, 0.1) is 6.04 Å². The van der Waals surface area contributed by atoms with Crippen LogP contribution in [-0.2, 0) is 4.79 Å². The van der Waals surface area contributed by atoms with Crippen molar-refractivity contribution in [1.29, 1.82) is 0 Å². The van der Waals surface area contributed by atoms with Gasteiger partial charge < -0.3 is 0 Å². The lowest BCUT2D eigenvalue weighted by Crippen LogP contribution is -2.52. The number of amides is 1. The summed E-state index contributed by atoms with van der Waals surface area (Å²) in [7, 11) is 0. The maximum atomic E-state index is 12.4.